The van der Waals surface area contributed by atoms with Gasteiger partial charge in [-0.25, -0.2) is 4.68 Å². The van der Waals surface area contributed by atoms with E-state index < -0.39 is 0 Å². The topological polar surface area (TPSA) is 76.0 Å². The Kier molecular flexibility index (Phi) is 4.64. The number of nitrogens with zero attached hydrogens (tertiary/aromatic N) is 2. The van der Waals surface area contributed by atoms with E-state index in [0.29, 0.717) is 24.0 Å². The summed E-state index contributed by atoms with van der Waals surface area (Å²) in [4.78, 5) is 24.4. The number of carbonyl (C=O) groups is 2. The van der Waals surface area contributed by atoms with Gasteiger partial charge in [0.15, 0.2) is 5.69 Å². The van der Waals surface area contributed by atoms with E-state index in [2.05, 4.69) is 15.7 Å². The van der Waals surface area contributed by atoms with Crippen molar-refractivity contribution in [1.82, 2.24) is 15.1 Å². The van der Waals surface area contributed by atoms with E-state index in [1.807, 2.05) is 44.2 Å². The summed E-state index contributed by atoms with van der Waals surface area (Å²) in [6.07, 6.45) is 1.85. The number of hydrogen-bond donors (Lipinski definition) is 2. The average Bonchev–Trinajstić information content (AvgIpc) is 3.34. The van der Waals surface area contributed by atoms with Crippen molar-refractivity contribution in [3.63, 3.8) is 0 Å². The standard InChI is InChI=1S/C18H22N4O2/c1-12(2)11-19-18(24)15-10-16(20-17(23)13-8-9-13)22(21-15)14-6-4-3-5-7-14/h3-7,10,12-13H,8-9,11H2,1-2H3,(H,19,24)(H,20,23). The van der Waals surface area contributed by atoms with Crippen LogP contribution in [0.4, 0.5) is 5.82 Å². The quantitative estimate of drug-likeness (QED) is 0.857. The van der Waals surface area contributed by atoms with Crippen LogP contribution in [0, 0.1) is 11.8 Å². The fraction of sp³-hybridized carbons (Fsp3) is 0.389. The summed E-state index contributed by atoms with van der Waals surface area (Å²) in [5, 5.41) is 10.1. The molecule has 1 aromatic carbocycles. The van der Waals surface area contributed by atoms with Gasteiger partial charge in [0.1, 0.15) is 5.82 Å². The van der Waals surface area contributed by atoms with Gasteiger partial charge < -0.3 is 10.6 Å². The zero-order chi connectivity index (χ0) is 17.1. The second-order valence-corrected chi connectivity index (χ2v) is 6.53. The van der Waals surface area contributed by atoms with Gasteiger partial charge in [0.2, 0.25) is 5.91 Å². The lowest BCUT2D eigenvalue weighted by atomic mass is 10.2. The largest absolute Gasteiger partial charge is 0.350 e. The van der Waals surface area contributed by atoms with Crippen LogP contribution >= 0.6 is 0 Å². The van der Waals surface area contributed by atoms with Crippen molar-refractivity contribution in [2.45, 2.75) is 26.7 Å². The number of aromatic nitrogens is 2. The molecule has 3 rings (SSSR count). The molecule has 0 radical (unpaired) electrons. The molecule has 6 nitrogen and oxygen atoms in total. The summed E-state index contributed by atoms with van der Waals surface area (Å²) in [5.41, 5.74) is 1.09. The lowest BCUT2D eigenvalue weighted by Crippen LogP contribution is -2.27. The van der Waals surface area contributed by atoms with Gasteiger partial charge in [0.05, 0.1) is 5.69 Å². The van der Waals surface area contributed by atoms with E-state index in [0.717, 1.165) is 18.5 Å². The molecule has 1 fully saturated rings. The summed E-state index contributed by atoms with van der Waals surface area (Å²) in [7, 11) is 0. The van der Waals surface area contributed by atoms with Crippen LogP contribution in [-0.4, -0.2) is 28.1 Å². The predicted molar refractivity (Wildman–Crippen MR) is 92.1 cm³/mol. The van der Waals surface area contributed by atoms with Crippen LogP contribution in [0.1, 0.15) is 37.2 Å². The number of anilines is 1. The van der Waals surface area contributed by atoms with Crippen LogP contribution in [-0.2, 0) is 4.79 Å². The van der Waals surface area contributed by atoms with Crippen molar-refractivity contribution < 1.29 is 9.59 Å². The average molecular weight is 326 g/mol. The molecule has 0 bridgehead atoms. The molecule has 1 saturated carbocycles. The Hall–Kier alpha value is -2.63. The normalized spacial score (nSPS) is 13.8. The van der Waals surface area contributed by atoms with Crippen molar-refractivity contribution in [2.75, 3.05) is 11.9 Å². The van der Waals surface area contributed by atoms with Crippen LogP contribution in [0.15, 0.2) is 36.4 Å². The summed E-state index contributed by atoms with van der Waals surface area (Å²) >= 11 is 0. The number of rotatable bonds is 6. The van der Waals surface area contributed by atoms with E-state index in [1.165, 1.54) is 0 Å². The highest BCUT2D eigenvalue weighted by molar-refractivity contribution is 5.97. The number of para-hydroxylation sites is 1. The number of amides is 2. The van der Waals surface area contributed by atoms with E-state index in [9.17, 15) is 9.59 Å². The SMILES string of the molecule is CC(C)CNC(=O)c1cc(NC(=O)C2CC2)n(-c2ccccc2)n1. The number of carbonyl (C=O) groups excluding carboxylic acids is 2. The highest BCUT2D eigenvalue weighted by Crippen LogP contribution is 2.30. The zero-order valence-electron chi connectivity index (χ0n) is 14.0. The maximum absolute atomic E-state index is 12.3. The third-order valence-corrected chi connectivity index (χ3v) is 3.81. The van der Waals surface area contributed by atoms with E-state index in [1.54, 1.807) is 10.7 Å². The second kappa shape index (κ2) is 6.86. The van der Waals surface area contributed by atoms with Crippen molar-refractivity contribution in [3.8, 4) is 5.69 Å². The monoisotopic (exact) mass is 326 g/mol. The van der Waals surface area contributed by atoms with Crippen molar-refractivity contribution in [3.05, 3.63) is 42.1 Å². The van der Waals surface area contributed by atoms with E-state index >= 15 is 0 Å². The molecule has 2 N–H and O–H groups in total. The zero-order valence-corrected chi connectivity index (χ0v) is 14.0. The molecule has 0 unspecified atom stereocenters. The fourth-order valence-corrected chi connectivity index (χ4v) is 2.31. The Bertz CT molecular complexity index is 733. The van der Waals surface area contributed by atoms with Crippen molar-refractivity contribution >= 4 is 17.6 Å². The predicted octanol–water partition coefficient (Wildman–Crippen LogP) is 2.61. The van der Waals surface area contributed by atoms with Crippen molar-refractivity contribution in [1.29, 1.82) is 0 Å². The molecule has 1 aliphatic carbocycles. The van der Waals surface area contributed by atoms with Crippen LogP contribution in [0.2, 0.25) is 0 Å². The highest BCUT2D eigenvalue weighted by Gasteiger charge is 2.30. The maximum Gasteiger partial charge on any atom is 0.271 e. The molecule has 0 spiro atoms. The molecule has 0 aliphatic heterocycles. The lowest BCUT2D eigenvalue weighted by molar-refractivity contribution is -0.117. The van der Waals surface area contributed by atoms with Gasteiger partial charge in [-0.3, -0.25) is 9.59 Å². The molecule has 126 valence electrons. The number of nitrogens with one attached hydrogen (secondary N) is 2. The van der Waals surface area contributed by atoms with Crippen molar-refractivity contribution in [2.24, 2.45) is 11.8 Å². The molecule has 1 aromatic heterocycles. The molecule has 1 aliphatic rings. The molecular formula is C18H22N4O2. The summed E-state index contributed by atoms with van der Waals surface area (Å²) in [6.45, 7) is 4.65. The van der Waals surface area contributed by atoms with E-state index in [-0.39, 0.29) is 17.7 Å². The highest BCUT2D eigenvalue weighted by atomic mass is 16.2. The van der Waals surface area contributed by atoms with E-state index in [4.69, 9.17) is 0 Å². The van der Waals surface area contributed by atoms with Gasteiger partial charge in [-0.1, -0.05) is 32.0 Å². The molecule has 0 atom stereocenters. The second-order valence-electron chi connectivity index (χ2n) is 6.53. The first kappa shape index (κ1) is 16.2. The summed E-state index contributed by atoms with van der Waals surface area (Å²) in [5.74, 6) is 0.718. The fourth-order valence-electron chi connectivity index (χ4n) is 2.31. The van der Waals surface area contributed by atoms with Gasteiger partial charge in [-0.05, 0) is 30.9 Å². The van der Waals surface area contributed by atoms with Gasteiger partial charge in [0, 0.05) is 18.5 Å². The Morgan fingerprint density at radius 3 is 2.58 bits per heavy atom. The maximum atomic E-state index is 12.3. The minimum Gasteiger partial charge on any atom is -0.350 e. The molecule has 0 saturated heterocycles. The number of benzene rings is 1. The molecular weight excluding hydrogens is 304 g/mol. The van der Waals surface area contributed by atoms with Gasteiger partial charge in [0.25, 0.3) is 5.91 Å². The van der Waals surface area contributed by atoms with Crippen LogP contribution in [0.5, 0.6) is 0 Å². The van der Waals surface area contributed by atoms with Gasteiger partial charge in [-0.15, -0.1) is 0 Å². The third kappa shape index (κ3) is 3.82. The Morgan fingerprint density at radius 2 is 1.96 bits per heavy atom. The van der Waals surface area contributed by atoms with Gasteiger partial charge >= 0.3 is 0 Å². The lowest BCUT2D eigenvalue weighted by Gasteiger charge is -2.08. The van der Waals surface area contributed by atoms with Gasteiger partial charge in [-0.2, -0.15) is 5.10 Å². The molecule has 2 amide bonds. The molecule has 24 heavy (non-hydrogen) atoms. The van der Waals surface area contributed by atoms with Crippen LogP contribution in [0.25, 0.3) is 5.69 Å². The Labute approximate surface area is 141 Å². The molecule has 1 heterocycles. The third-order valence-electron chi connectivity index (χ3n) is 3.81. The Balaban J connectivity index is 1.87. The van der Waals surface area contributed by atoms with Crippen LogP contribution < -0.4 is 10.6 Å². The molecule has 2 aromatic rings. The minimum absolute atomic E-state index is 0.0128. The summed E-state index contributed by atoms with van der Waals surface area (Å²) in [6, 6.07) is 11.1. The first-order chi connectivity index (χ1) is 11.5. The molecule has 6 heteroatoms. The number of hydrogen-bond acceptors (Lipinski definition) is 3. The van der Waals surface area contributed by atoms with Crippen LogP contribution in [0.3, 0.4) is 0 Å². The summed E-state index contributed by atoms with van der Waals surface area (Å²) < 4.78 is 1.60. The smallest absolute Gasteiger partial charge is 0.271 e. The first-order valence-electron chi connectivity index (χ1n) is 8.29. The minimum atomic E-state index is -0.236. The first-order valence-corrected chi connectivity index (χ1v) is 8.29. The Morgan fingerprint density at radius 1 is 1.25 bits per heavy atom.